The number of thioether (sulfide) groups is 1. The summed E-state index contributed by atoms with van der Waals surface area (Å²) in [5.41, 5.74) is 5.12. The molecule has 0 spiro atoms. The molecule has 7 heteroatoms. The van der Waals surface area contributed by atoms with Crippen molar-refractivity contribution in [1.29, 1.82) is 0 Å². The lowest BCUT2D eigenvalue weighted by molar-refractivity contribution is 0.0972. The summed E-state index contributed by atoms with van der Waals surface area (Å²) < 4.78 is 5.27. The molecule has 0 aliphatic rings. The Morgan fingerprint density at radius 3 is 2.80 bits per heavy atom. The van der Waals surface area contributed by atoms with Gasteiger partial charge in [0.15, 0.2) is 11.7 Å². The highest BCUT2D eigenvalue weighted by atomic mass is 32.2. The molecule has 0 fully saturated rings. The van der Waals surface area contributed by atoms with Crippen molar-refractivity contribution >= 4 is 23.6 Å². The summed E-state index contributed by atoms with van der Waals surface area (Å²) in [6, 6.07) is 3.29. The van der Waals surface area contributed by atoms with Crippen molar-refractivity contribution in [1.82, 2.24) is 10.6 Å². The van der Waals surface area contributed by atoms with E-state index in [4.69, 9.17) is 10.2 Å². The van der Waals surface area contributed by atoms with Crippen molar-refractivity contribution in [3.8, 4) is 0 Å². The summed E-state index contributed by atoms with van der Waals surface area (Å²) in [6.07, 6.45) is 4.40. The second-order valence-corrected chi connectivity index (χ2v) is 5.17. The lowest BCUT2D eigenvalue weighted by atomic mass is 10.3. The van der Waals surface area contributed by atoms with E-state index in [0.29, 0.717) is 18.3 Å². The number of nitrogens with zero attached hydrogens (tertiary/aromatic N) is 1. The van der Waals surface area contributed by atoms with Crippen molar-refractivity contribution in [3.63, 3.8) is 0 Å². The van der Waals surface area contributed by atoms with Crippen molar-refractivity contribution in [2.45, 2.75) is 19.4 Å². The number of nitrogens with one attached hydrogen (secondary N) is 2. The lowest BCUT2D eigenvalue weighted by Gasteiger charge is -2.10. The predicted octanol–water partition coefficient (Wildman–Crippen LogP) is 1.19. The van der Waals surface area contributed by atoms with E-state index in [1.165, 1.54) is 12.2 Å². The first-order chi connectivity index (χ1) is 9.67. The molecule has 6 nitrogen and oxygen atoms in total. The van der Waals surface area contributed by atoms with E-state index in [2.05, 4.69) is 21.9 Å². The zero-order valence-corrected chi connectivity index (χ0v) is 12.8. The van der Waals surface area contributed by atoms with Crippen molar-refractivity contribution < 1.29 is 9.21 Å². The van der Waals surface area contributed by atoms with Crippen LogP contribution in [0.5, 0.6) is 0 Å². The van der Waals surface area contributed by atoms with Crippen LogP contribution in [0.3, 0.4) is 0 Å². The molecule has 0 unspecified atom stereocenters. The standard InChI is InChI=1S/C13H22N4O2S/c1-15-13(16-7-3-4-8-20-2)17-9-10-5-6-11(19-10)12(14)18/h5-6H,3-4,7-9H2,1-2H3,(H2,14,18)(H2,15,16,17). The number of amides is 1. The minimum atomic E-state index is -0.562. The van der Waals surface area contributed by atoms with Crippen LogP contribution in [0.1, 0.15) is 29.2 Å². The van der Waals surface area contributed by atoms with E-state index in [1.54, 1.807) is 19.2 Å². The number of carbonyl (C=O) groups excluding carboxylic acids is 1. The van der Waals surface area contributed by atoms with Crippen LogP contribution in [0.25, 0.3) is 0 Å². The molecule has 0 atom stereocenters. The molecule has 0 bridgehead atoms. The number of carbonyl (C=O) groups is 1. The fourth-order valence-electron chi connectivity index (χ4n) is 1.57. The SMILES string of the molecule is CN=C(NCCCCSC)NCc1ccc(C(N)=O)o1. The molecule has 112 valence electrons. The van der Waals surface area contributed by atoms with Crippen LogP contribution in [0.2, 0.25) is 0 Å². The zero-order valence-electron chi connectivity index (χ0n) is 11.9. The van der Waals surface area contributed by atoms with Crippen LogP contribution in [0, 0.1) is 0 Å². The highest BCUT2D eigenvalue weighted by Gasteiger charge is 2.07. The Kier molecular flexibility index (Phi) is 7.64. The summed E-state index contributed by atoms with van der Waals surface area (Å²) in [5, 5.41) is 6.34. The van der Waals surface area contributed by atoms with Crippen LogP contribution < -0.4 is 16.4 Å². The van der Waals surface area contributed by atoms with E-state index in [-0.39, 0.29) is 5.76 Å². The van der Waals surface area contributed by atoms with Crippen molar-refractivity contribution in [2.75, 3.05) is 25.6 Å². The summed E-state index contributed by atoms with van der Waals surface area (Å²) in [5.74, 6) is 2.14. The van der Waals surface area contributed by atoms with Gasteiger partial charge in [0.2, 0.25) is 0 Å². The van der Waals surface area contributed by atoms with Gasteiger partial charge >= 0.3 is 0 Å². The number of hydrogen-bond acceptors (Lipinski definition) is 4. The van der Waals surface area contributed by atoms with E-state index in [0.717, 1.165) is 13.0 Å². The Morgan fingerprint density at radius 2 is 2.20 bits per heavy atom. The first-order valence-electron chi connectivity index (χ1n) is 6.49. The lowest BCUT2D eigenvalue weighted by Crippen LogP contribution is -2.37. The molecule has 1 aromatic heterocycles. The monoisotopic (exact) mass is 298 g/mol. The van der Waals surface area contributed by atoms with Gasteiger partial charge in [-0.1, -0.05) is 0 Å². The third-order valence-corrected chi connectivity index (χ3v) is 3.32. The molecule has 0 saturated carbocycles. The molecule has 0 aliphatic heterocycles. The summed E-state index contributed by atoms with van der Waals surface area (Å²) in [4.78, 5) is 15.0. The Hall–Kier alpha value is -1.63. The molecule has 4 N–H and O–H groups in total. The third-order valence-electron chi connectivity index (χ3n) is 2.63. The van der Waals surface area contributed by atoms with Gasteiger partial charge in [-0.25, -0.2) is 0 Å². The maximum atomic E-state index is 10.9. The number of aliphatic imine (C=N–C) groups is 1. The molecule has 0 radical (unpaired) electrons. The minimum Gasteiger partial charge on any atom is -0.454 e. The summed E-state index contributed by atoms with van der Waals surface area (Å²) in [6.45, 7) is 1.34. The fourth-order valence-corrected chi connectivity index (χ4v) is 2.07. The average molecular weight is 298 g/mol. The molecule has 0 aromatic carbocycles. The Labute approximate surface area is 123 Å². The fraction of sp³-hybridized carbons (Fsp3) is 0.538. The molecular weight excluding hydrogens is 276 g/mol. The third kappa shape index (κ3) is 6.01. The van der Waals surface area contributed by atoms with Gasteiger partial charge in [0, 0.05) is 13.6 Å². The van der Waals surface area contributed by atoms with Crippen LogP contribution >= 0.6 is 11.8 Å². The van der Waals surface area contributed by atoms with Gasteiger partial charge < -0.3 is 20.8 Å². The van der Waals surface area contributed by atoms with Crippen LogP contribution in [0.4, 0.5) is 0 Å². The molecular formula is C13H22N4O2S. The normalized spacial score (nSPS) is 11.4. The van der Waals surface area contributed by atoms with Crippen LogP contribution in [-0.2, 0) is 6.54 Å². The summed E-state index contributed by atoms with van der Waals surface area (Å²) >= 11 is 1.85. The Bertz CT molecular complexity index is 445. The van der Waals surface area contributed by atoms with Crippen LogP contribution in [-0.4, -0.2) is 37.5 Å². The van der Waals surface area contributed by atoms with Gasteiger partial charge in [0.1, 0.15) is 5.76 Å². The highest BCUT2D eigenvalue weighted by Crippen LogP contribution is 2.06. The molecule has 0 saturated heterocycles. The van der Waals surface area contributed by atoms with E-state index in [9.17, 15) is 4.79 Å². The second kappa shape index (κ2) is 9.30. The number of hydrogen-bond donors (Lipinski definition) is 3. The molecule has 1 rings (SSSR count). The maximum absolute atomic E-state index is 10.9. The quantitative estimate of drug-likeness (QED) is 0.381. The van der Waals surface area contributed by atoms with Gasteiger partial charge in [-0.05, 0) is 37.0 Å². The molecule has 1 aromatic rings. The first kappa shape index (κ1) is 16.4. The van der Waals surface area contributed by atoms with E-state index >= 15 is 0 Å². The molecule has 1 amide bonds. The van der Waals surface area contributed by atoms with Gasteiger partial charge in [-0.15, -0.1) is 0 Å². The topological polar surface area (TPSA) is 92.6 Å². The van der Waals surface area contributed by atoms with Crippen molar-refractivity contribution in [2.24, 2.45) is 10.7 Å². The largest absolute Gasteiger partial charge is 0.454 e. The maximum Gasteiger partial charge on any atom is 0.284 e. The highest BCUT2D eigenvalue weighted by molar-refractivity contribution is 7.98. The van der Waals surface area contributed by atoms with Gasteiger partial charge in [-0.2, -0.15) is 11.8 Å². The zero-order chi connectivity index (χ0) is 14.8. The summed E-state index contributed by atoms with van der Waals surface area (Å²) in [7, 11) is 1.72. The second-order valence-electron chi connectivity index (χ2n) is 4.18. The van der Waals surface area contributed by atoms with Crippen LogP contribution in [0.15, 0.2) is 21.5 Å². The number of rotatable bonds is 8. The first-order valence-corrected chi connectivity index (χ1v) is 7.88. The van der Waals surface area contributed by atoms with E-state index < -0.39 is 5.91 Å². The van der Waals surface area contributed by atoms with E-state index in [1.807, 2.05) is 11.8 Å². The van der Waals surface area contributed by atoms with Gasteiger partial charge in [0.25, 0.3) is 5.91 Å². The molecule has 1 heterocycles. The number of unbranched alkanes of at least 4 members (excludes halogenated alkanes) is 1. The molecule has 20 heavy (non-hydrogen) atoms. The van der Waals surface area contributed by atoms with Crippen molar-refractivity contribution in [3.05, 3.63) is 23.7 Å². The number of nitrogens with two attached hydrogens (primary N) is 1. The Morgan fingerprint density at radius 1 is 1.40 bits per heavy atom. The number of guanidine groups is 1. The predicted molar refractivity (Wildman–Crippen MR) is 83.0 cm³/mol. The van der Waals surface area contributed by atoms with Gasteiger partial charge in [0.05, 0.1) is 6.54 Å². The minimum absolute atomic E-state index is 0.168. The van der Waals surface area contributed by atoms with Gasteiger partial charge in [-0.3, -0.25) is 9.79 Å². The molecule has 0 aliphatic carbocycles. The number of furan rings is 1. The average Bonchev–Trinajstić information content (AvgIpc) is 2.91. The smallest absolute Gasteiger partial charge is 0.284 e. The Balaban J connectivity index is 2.28. The number of primary amides is 1.